The van der Waals surface area contributed by atoms with Crippen LogP contribution in [0.1, 0.15) is 38.8 Å². The second-order valence-corrected chi connectivity index (χ2v) is 9.06. The first-order chi connectivity index (χ1) is 15.3. The number of carbonyl (C=O) groups is 3. The fourth-order valence-electron chi connectivity index (χ4n) is 3.51. The van der Waals surface area contributed by atoms with Crippen LogP contribution in [-0.2, 0) is 25.8 Å². The van der Waals surface area contributed by atoms with Crippen LogP contribution in [0.5, 0.6) is 0 Å². The number of nitrogens with one attached hydrogen (secondary N) is 1. The Bertz CT molecular complexity index is 1340. The summed E-state index contributed by atoms with van der Waals surface area (Å²) in [6.45, 7) is 2.04. The van der Waals surface area contributed by atoms with Crippen molar-refractivity contribution in [1.29, 1.82) is 0 Å². The number of hydrogen-bond acceptors (Lipinski definition) is 6. The highest BCUT2D eigenvalue weighted by molar-refractivity contribution is 7.91. The third kappa shape index (κ3) is 3.92. The van der Waals surface area contributed by atoms with Gasteiger partial charge in [-0.25, -0.2) is 8.42 Å². The summed E-state index contributed by atoms with van der Waals surface area (Å²) in [5, 5.41) is 2.69. The Morgan fingerprint density at radius 2 is 1.59 bits per heavy atom. The van der Waals surface area contributed by atoms with E-state index in [4.69, 9.17) is 4.74 Å². The first-order valence-electron chi connectivity index (χ1n) is 9.90. The Hall–Kier alpha value is -3.78. The molecule has 1 amide bonds. The van der Waals surface area contributed by atoms with Crippen molar-refractivity contribution in [3.8, 4) is 0 Å². The molecule has 1 heterocycles. The Labute approximate surface area is 185 Å². The van der Waals surface area contributed by atoms with E-state index < -0.39 is 21.5 Å². The molecule has 3 aromatic carbocycles. The van der Waals surface area contributed by atoms with Gasteiger partial charge < -0.3 is 10.1 Å². The lowest BCUT2D eigenvalue weighted by Crippen LogP contribution is -2.21. The lowest BCUT2D eigenvalue weighted by atomic mass is 10.0. The molecule has 0 fully saturated rings. The normalized spacial score (nSPS) is 13.6. The zero-order valence-corrected chi connectivity index (χ0v) is 17.9. The highest BCUT2D eigenvalue weighted by Crippen LogP contribution is 2.34. The van der Waals surface area contributed by atoms with E-state index in [1.807, 2.05) is 0 Å². The van der Waals surface area contributed by atoms with Crippen LogP contribution in [-0.4, -0.2) is 32.7 Å². The van der Waals surface area contributed by atoms with Crippen LogP contribution in [0.4, 0.5) is 5.69 Å². The monoisotopic (exact) mass is 449 g/mol. The fraction of sp³-hybridized carbons (Fsp3) is 0.125. The van der Waals surface area contributed by atoms with Crippen LogP contribution in [0.3, 0.4) is 0 Å². The zero-order chi connectivity index (χ0) is 22.9. The Morgan fingerprint density at radius 3 is 2.31 bits per heavy atom. The molecule has 0 saturated carbocycles. The molecule has 0 saturated heterocycles. The van der Waals surface area contributed by atoms with Crippen LogP contribution in [0.2, 0.25) is 0 Å². The van der Waals surface area contributed by atoms with E-state index in [-0.39, 0.29) is 38.9 Å². The summed E-state index contributed by atoms with van der Waals surface area (Å²) >= 11 is 0. The molecule has 0 aliphatic carbocycles. The molecule has 0 radical (unpaired) electrons. The van der Waals surface area contributed by atoms with Crippen molar-refractivity contribution in [2.45, 2.75) is 23.1 Å². The van der Waals surface area contributed by atoms with Crippen LogP contribution >= 0.6 is 0 Å². The molecule has 0 unspecified atom stereocenters. The van der Waals surface area contributed by atoms with Gasteiger partial charge in [-0.2, -0.15) is 0 Å². The summed E-state index contributed by atoms with van der Waals surface area (Å²) < 4.78 is 31.0. The molecule has 1 aliphatic rings. The minimum absolute atomic E-state index is 0.0450. The van der Waals surface area contributed by atoms with Crippen LogP contribution in [0, 0.1) is 0 Å². The number of anilines is 1. The number of fused-ring (bicyclic) bond motifs is 2. The molecule has 0 bridgehead atoms. The van der Waals surface area contributed by atoms with E-state index in [0.29, 0.717) is 12.3 Å². The number of rotatable bonds is 5. The highest BCUT2D eigenvalue weighted by atomic mass is 32.2. The molecule has 7 nitrogen and oxygen atoms in total. The van der Waals surface area contributed by atoms with Crippen molar-refractivity contribution in [3.63, 3.8) is 0 Å². The molecule has 0 spiro atoms. The lowest BCUT2D eigenvalue weighted by Gasteiger charge is -2.19. The van der Waals surface area contributed by atoms with Gasteiger partial charge in [0.1, 0.15) is 0 Å². The number of esters is 1. The maximum Gasteiger partial charge on any atom is 0.310 e. The standard InChI is InChI=1S/C24H19NO6S/c1-2-31-22(26)13-15-7-10-17(11-8-15)25-24(28)16-9-12-19-21(14-16)32(29,30)20-6-4-3-5-18(20)23(19)27/h3-12,14H,2,13H2,1H3,(H,25,28). The number of amides is 1. The first-order valence-corrected chi connectivity index (χ1v) is 11.4. The summed E-state index contributed by atoms with van der Waals surface area (Å²) in [5.74, 6) is -1.25. The van der Waals surface area contributed by atoms with Gasteiger partial charge in [0, 0.05) is 22.4 Å². The van der Waals surface area contributed by atoms with E-state index in [0.717, 1.165) is 5.56 Å². The summed E-state index contributed by atoms with van der Waals surface area (Å²) in [6.07, 6.45) is 0.125. The van der Waals surface area contributed by atoms with Crippen LogP contribution in [0.25, 0.3) is 0 Å². The molecule has 0 aromatic heterocycles. The minimum Gasteiger partial charge on any atom is -0.466 e. The van der Waals surface area contributed by atoms with Crippen molar-refractivity contribution in [2.75, 3.05) is 11.9 Å². The number of hydrogen-bond donors (Lipinski definition) is 1. The maximum atomic E-state index is 13.0. The third-order valence-electron chi connectivity index (χ3n) is 5.06. The van der Waals surface area contributed by atoms with Gasteiger partial charge in [0.2, 0.25) is 9.84 Å². The van der Waals surface area contributed by atoms with Crippen molar-refractivity contribution in [1.82, 2.24) is 0 Å². The third-order valence-corrected chi connectivity index (χ3v) is 6.92. The largest absolute Gasteiger partial charge is 0.466 e. The molecule has 1 aliphatic heterocycles. The van der Waals surface area contributed by atoms with Gasteiger partial charge in [-0.1, -0.05) is 24.3 Å². The second kappa shape index (κ2) is 8.39. The average molecular weight is 449 g/mol. The fourth-order valence-corrected chi connectivity index (χ4v) is 5.19. The summed E-state index contributed by atoms with van der Waals surface area (Å²) in [6, 6.07) is 16.7. The summed E-state index contributed by atoms with van der Waals surface area (Å²) in [5.41, 5.74) is 1.49. The predicted molar refractivity (Wildman–Crippen MR) is 117 cm³/mol. The molecule has 0 atom stereocenters. The van der Waals surface area contributed by atoms with Gasteiger partial charge in [0.25, 0.3) is 5.91 Å². The van der Waals surface area contributed by atoms with Gasteiger partial charge in [-0.3, -0.25) is 14.4 Å². The van der Waals surface area contributed by atoms with E-state index in [1.165, 1.54) is 30.3 Å². The van der Waals surface area contributed by atoms with Crippen LogP contribution < -0.4 is 5.32 Å². The number of sulfone groups is 1. The molecule has 162 valence electrons. The minimum atomic E-state index is -3.93. The van der Waals surface area contributed by atoms with E-state index in [9.17, 15) is 22.8 Å². The number of ketones is 1. The van der Waals surface area contributed by atoms with E-state index >= 15 is 0 Å². The molecule has 8 heteroatoms. The van der Waals surface area contributed by atoms with Gasteiger partial charge in [-0.05, 0) is 55.0 Å². The summed E-state index contributed by atoms with van der Waals surface area (Å²) in [4.78, 5) is 36.8. The van der Waals surface area contributed by atoms with Crippen LogP contribution in [0.15, 0.2) is 76.5 Å². The number of benzene rings is 3. The topological polar surface area (TPSA) is 107 Å². The zero-order valence-electron chi connectivity index (χ0n) is 17.1. The van der Waals surface area contributed by atoms with Crippen molar-refractivity contribution >= 4 is 33.2 Å². The predicted octanol–water partition coefficient (Wildman–Crippen LogP) is 3.42. The van der Waals surface area contributed by atoms with E-state index in [2.05, 4.69) is 5.32 Å². The Morgan fingerprint density at radius 1 is 0.906 bits per heavy atom. The first kappa shape index (κ1) is 21.5. The van der Waals surface area contributed by atoms with Crippen molar-refractivity contribution in [2.24, 2.45) is 0 Å². The second-order valence-electron chi connectivity index (χ2n) is 7.17. The van der Waals surface area contributed by atoms with Gasteiger partial charge in [0.05, 0.1) is 22.8 Å². The number of carbonyl (C=O) groups excluding carboxylic acids is 3. The Kier molecular flexibility index (Phi) is 5.63. The lowest BCUT2D eigenvalue weighted by molar-refractivity contribution is -0.142. The maximum absolute atomic E-state index is 13.0. The molecular weight excluding hydrogens is 430 g/mol. The summed E-state index contributed by atoms with van der Waals surface area (Å²) in [7, 11) is -3.93. The average Bonchev–Trinajstić information content (AvgIpc) is 2.79. The van der Waals surface area contributed by atoms with E-state index in [1.54, 1.807) is 43.3 Å². The SMILES string of the molecule is CCOC(=O)Cc1ccc(NC(=O)c2ccc3c(c2)S(=O)(=O)c2ccccc2C3=O)cc1. The van der Waals surface area contributed by atoms with Gasteiger partial charge in [-0.15, -0.1) is 0 Å². The van der Waals surface area contributed by atoms with Crippen molar-refractivity contribution in [3.05, 3.63) is 89.0 Å². The Balaban J connectivity index is 1.57. The molecule has 4 rings (SSSR count). The number of ether oxygens (including phenoxy) is 1. The molecular formula is C24H19NO6S. The quantitative estimate of drug-likeness (QED) is 0.468. The molecule has 32 heavy (non-hydrogen) atoms. The highest BCUT2D eigenvalue weighted by Gasteiger charge is 2.35. The molecule has 1 N–H and O–H groups in total. The smallest absolute Gasteiger partial charge is 0.310 e. The van der Waals surface area contributed by atoms with Crippen molar-refractivity contribution < 1.29 is 27.5 Å². The molecule has 3 aromatic rings. The van der Waals surface area contributed by atoms with Gasteiger partial charge in [0.15, 0.2) is 5.78 Å². The van der Waals surface area contributed by atoms with Gasteiger partial charge >= 0.3 is 5.97 Å².